The van der Waals surface area contributed by atoms with Crippen LogP contribution in [0.2, 0.25) is 0 Å². The summed E-state index contributed by atoms with van der Waals surface area (Å²) in [7, 11) is 1.36. The molecule has 0 spiro atoms. The zero-order valence-corrected chi connectivity index (χ0v) is 19.1. The number of aromatic nitrogens is 3. The summed E-state index contributed by atoms with van der Waals surface area (Å²) in [6.45, 7) is 1.67. The fraction of sp³-hybridized carbons (Fsp3) is 0.160. The lowest BCUT2D eigenvalue weighted by Crippen LogP contribution is -2.29. The van der Waals surface area contributed by atoms with Crippen LogP contribution in [-0.2, 0) is 7.05 Å². The lowest BCUT2D eigenvalue weighted by Gasteiger charge is -2.27. The van der Waals surface area contributed by atoms with Crippen molar-refractivity contribution in [2.45, 2.75) is 18.8 Å². The summed E-state index contributed by atoms with van der Waals surface area (Å²) in [5.41, 5.74) is -0.163. The second kappa shape index (κ2) is 9.79. The summed E-state index contributed by atoms with van der Waals surface area (Å²) in [5, 5.41) is 25.9. The minimum Gasteiger partial charge on any atom is -0.501 e. The van der Waals surface area contributed by atoms with Crippen molar-refractivity contribution in [1.29, 1.82) is 5.26 Å². The number of carbonyl (C=O) groups excluding carboxylic acids is 1. The molecule has 2 aromatic carbocycles. The number of nitriles is 1. The number of nitrogens with zero attached hydrogens (tertiary/aromatic N) is 4. The van der Waals surface area contributed by atoms with E-state index in [1.165, 1.54) is 19.3 Å². The molecule has 0 saturated carbocycles. The van der Waals surface area contributed by atoms with Gasteiger partial charge in [0.25, 0.3) is 11.5 Å². The van der Waals surface area contributed by atoms with Crippen LogP contribution in [0.3, 0.4) is 0 Å². The van der Waals surface area contributed by atoms with Gasteiger partial charge in [-0.05, 0) is 29.3 Å². The number of rotatable bonds is 6. The van der Waals surface area contributed by atoms with E-state index in [0.717, 1.165) is 23.0 Å². The number of amides is 1. The molecule has 0 unspecified atom stereocenters. The molecule has 9 nitrogen and oxygen atoms in total. The van der Waals surface area contributed by atoms with Crippen molar-refractivity contribution in [3.05, 3.63) is 105 Å². The molecule has 4 aromatic rings. The zero-order chi connectivity index (χ0) is 26.0. The van der Waals surface area contributed by atoms with Gasteiger partial charge in [-0.1, -0.05) is 36.3 Å². The molecule has 2 atom stereocenters. The number of nitrogens with one attached hydrogen (secondary N) is 1. The highest BCUT2D eigenvalue weighted by Gasteiger charge is 2.31. The largest absolute Gasteiger partial charge is 0.501 e. The molecule has 0 aliphatic heterocycles. The molecule has 0 fully saturated rings. The summed E-state index contributed by atoms with van der Waals surface area (Å²) in [5.74, 6) is -5.33. The quantitative estimate of drug-likeness (QED) is 0.419. The molecule has 182 valence electrons. The van der Waals surface area contributed by atoms with Crippen LogP contribution in [0.4, 0.5) is 14.5 Å². The van der Waals surface area contributed by atoms with Crippen molar-refractivity contribution < 1.29 is 23.2 Å². The Hall–Kier alpha value is -4.85. The standard InChI is InChI=1S/C25H19F2N5O4/c1-13(20(14-7-8-18(26)19(27)9-14)17-6-4-3-5-15(17)10-28)23-31-21(22(33)25(35)32(23)2)24(34)30-16-11-29-36-12-16/h3-9,11-13,20,33H,1-2H3,(H,30,34)/t13-,20-/m1/s1. The van der Waals surface area contributed by atoms with E-state index in [1.54, 1.807) is 31.2 Å². The van der Waals surface area contributed by atoms with Gasteiger partial charge < -0.3 is 14.9 Å². The normalized spacial score (nSPS) is 12.5. The van der Waals surface area contributed by atoms with Crippen LogP contribution in [0.15, 0.2) is 64.2 Å². The fourth-order valence-corrected chi connectivity index (χ4v) is 4.09. The Balaban J connectivity index is 1.89. The Morgan fingerprint density at radius 1 is 1.22 bits per heavy atom. The lowest BCUT2D eigenvalue weighted by atomic mass is 9.79. The topological polar surface area (TPSA) is 134 Å². The van der Waals surface area contributed by atoms with Gasteiger partial charge in [-0.2, -0.15) is 5.26 Å². The maximum absolute atomic E-state index is 14.2. The number of aromatic hydroxyl groups is 1. The molecule has 0 aliphatic rings. The van der Waals surface area contributed by atoms with Gasteiger partial charge in [-0.3, -0.25) is 14.2 Å². The molecule has 1 amide bonds. The van der Waals surface area contributed by atoms with E-state index < -0.39 is 46.4 Å². The summed E-state index contributed by atoms with van der Waals surface area (Å²) in [6, 6.07) is 12.1. The maximum atomic E-state index is 14.2. The Morgan fingerprint density at radius 3 is 2.64 bits per heavy atom. The molecule has 2 heterocycles. The zero-order valence-electron chi connectivity index (χ0n) is 19.1. The second-order valence-electron chi connectivity index (χ2n) is 8.04. The van der Waals surface area contributed by atoms with Crippen LogP contribution in [-0.4, -0.2) is 25.7 Å². The molecule has 11 heteroatoms. The minimum atomic E-state index is -1.08. The average Bonchev–Trinajstić information content (AvgIpc) is 3.38. The van der Waals surface area contributed by atoms with Crippen LogP contribution >= 0.6 is 0 Å². The summed E-state index contributed by atoms with van der Waals surface area (Å²) in [4.78, 5) is 29.9. The first kappa shape index (κ1) is 24.3. The van der Waals surface area contributed by atoms with Crippen molar-refractivity contribution >= 4 is 11.6 Å². The molecular formula is C25H19F2N5O4. The van der Waals surface area contributed by atoms with E-state index in [0.29, 0.717) is 11.1 Å². The number of hydrogen-bond acceptors (Lipinski definition) is 7. The first-order valence-corrected chi connectivity index (χ1v) is 10.7. The summed E-state index contributed by atoms with van der Waals surface area (Å²) >= 11 is 0. The summed E-state index contributed by atoms with van der Waals surface area (Å²) < 4.78 is 33.7. The molecular weight excluding hydrogens is 472 g/mol. The van der Waals surface area contributed by atoms with Crippen LogP contribution in [0.25, 0.3) is 0 Å². The van der Waals surface area contributed by atoms with Crippen molar-refractivity contribution in [3.8, 4) is 11.8 Å². The number of hydrogen-bond donors (Lipinski definition) is 2. The molecule has 0 radical (unpaired) electrons. The third-order valence-electron chi connectivity index (χ3n) is 5.83. The summed E-state index contributed by atoms with van der Waals surface area (Å²) in [6.07, 6.45) is 2.37. The monoisotopic (exact) mass is 491 g/mol. The third-order valence-corrected chi connectivity index (χ3v) is 5.83. The van der Waals surface area contributed by atoms with Gasteiger partial charge in [-0.15, -0.1) is 0 Å². The van der Waals surface area contributed by atoms with E-state index in [2.05, 4.69) is 26.0 Å². The van der Waals surface area contributed by atoms with Gasteiger partial charge in [0.05, 0.1) is 17.8 Å². The number of carbonyl (C=O) groups is 1. The van der Waals surface area contributed by atoms with Crippen LogP contribution < -0.4 is 10.9 Å². The van der Waals surface area contributed by atoms with Crippen molar-refractivity contribution in [2.75, 3.05) is 5.32 Å². The number of anilines is 1. The van der Waals surface area contributed by atoms with Gasteiger partial charge >= 0.3 is 0 Å². The SMILES string of the molecule is C[C@@H](c1nc(C(=O)Nc2cnoc2)c(O)c(=O)n1C)[C@H](c1ccc(F)c(F)c1)c1ccccc1C#N. The van der Waals surface area contributed by atoms with Crippen molar-refractivity contribution in [1.82, 2.24) is 14.7 Å². The predicted octanol–water partition coefficient (Wildman–Crippen LogP) is 3.81. The van der Waals surface area contributed by atoms with E-state index >= 15 is 0 Å². The second-order valence-corrected chi connectivity index (χ2v) is 8.04. The van der Waals surface area contributed by atoms with Gasteiger partial charge in [0.1, 0.15) is 17.8 Å². The average molecular weight is 491 g/mol. The molecule has 2 aromatic heterocycles. The van der Waals surface area contributed by atoms with E-state index in [1.807, 2.05) is 0 Å². The molecule has 0 saturated heterocycles. The Morgan fingerprint density at radius 2 is 1.97 bits per heavy atom. The number of benzene rings is 2. The van der Waals surface area contributed by atoms with Gasteiger partial charge in [0.2, 0.25) is 5.75 Å². The maximum Gasteiger partial charge on any atom is 0.296 e. The Bertz CT molecular complexity index is 1540. The van der Waals surface area contributed by atoms with Crippen molar-refractivity contribution in [3.63, 3.8) is 0 Å². The highest BCUT2D eigenvalue weighted by molar-refractivity contribution is 6.04. The molecule has 0 bridgehead atoms. The number of halogens is 2. The molecule has 2 N–H and O–H groups in total. The molecule has 0 aliphatic carbocycles. The minimum absolute atomic E-state index is 0.0655. The molecule has 4 rings (SSSR count). The third kappa shape index (κ3) is 4.44. The predicted molar refractivity (Wildman–Crippen MR) is 123 cm³/mol. The first-order chi connectivity index (χ1) is 17.2. The van der Waals surface area contributed by atoms with Crippen LogP contribution in [0.1, 0.15) is 51.8 Å². The Labute approximate surface area is 203 Å². The lowest BCUT2D eigenvalue weighted by molar-refractivity contribution is 0.101. The van der Waals surface area contributed by atoms with Gasteiger partial charge in [0, 0.05) is 18.9 Å². The smallest absolute Gasteiger partial charge is 0.296 e. The van der Waals surface area contributed by atoms with Crippen molar-refractivity contribution in [2.24, 2.45) is 7.05 Å². The fourth-order valence-electron chi connectivity index (χ4n) is 4.09. The first-order valence-electron chi connectivity index (χ1n) is 10.7. The van der Waals surface area contributed by atoms with Gasteiger partial charge in [0.15, 0.2) is 17.3 Å². The van der Waals surface area contributed by atoms with E-state index in [-0.39, 0.29) is 17.1 Å². The highest BCUT2D eigenvalue weighted by Crippen LogP contribution is 2.39. The van der Waals surface area contributed by atoms with E-state index in [4.69, 9.17) is 0 Å². The van der Waals surface area contributed by atoms with E-state index in [9.17, 15) is 28.7 Å². The van der Waals surface area contributed by atoms with Gasteiger partial charge in [-0.25, -0.2) is 13.8 Å². The van der Waals surface area contributed by atoms with Crippen LogP contribution in [0, 0.1) is 23.0 Å². The Kier molecular flexibility index (Phi) is 6.60. The molecule has 36 heavy (non-hydrogen) atoms. The highest BCUT2D eigenvalue weighted by atomic mass is 19.2. The van der Waals surface area contributed by atoms with Crippen LogP contribution in [0.5, 0.6) is 5.75 Å².